The number of nitrogens with zero attached hydrogens (tertiary/aromatic N) is 6. The number of fused-ring (bicyclic) bond motifs is 1. The maximum Gasteiger partial charge on any atom is 0.260 e. The van der Waals surface area contributed by atoms with E-state index in [1.165, 1.54) is 11.3 Å². The zero-order chi connectivity index (χ0) is 30.1. The second-order valence-electron chi connectivity index (χ2n) is 11.6. The minimum atomic E-state index is -0.141. The van der Waals surface area contributed by atoms with Gasteiger partial charge in [0.1, 0.15) is 5.65 Å². The van der Waals surface area contributed by atoms with E-state index in [4.69, 9.17) is 16.6 Å². The molecule has 6 rings (SSSR count). The maximum absolute atomic E-state index is 14.2. The lowest BCUT2D eigenvalue weighted by atomic mass is 10.0. The quantitative estimate of drug-likeness (QED) is 0.314. The lowest BCUT2D eigenvalue weighted by Gasteiger charge is -2.35. The van der Waals surface area contributed by atoms with E-state index in [9.17, 15) is 9.59 Å². The molecule has 2 aliphatic rings. The number of piperazine rings is 1. The number of amides is 1. The van der Waals surface area contributed by atoms with Crippen molar-refractivity contribution < 1.29 is 4.79 Å². The molecule has 0 aliphatic carbocycles. The first kappa shape index (κ1) is 29.1. The van der Waals surface area contributed by atoms with Gasteiger partial charge in [0.25, 0.3) is 5.56 Å². The van der Waals surface area contributed by atoms with E-state index >= 15 is 0 Å². The van der Waals surface area contributed by atoms with Crippen LogP contribution < -0.4 is 15.8 Å². The van der Waals surface area contributed by atoms with Crippen molar-refractivity contribution in [3.05, 3.63) is 75.7 Å². The van der Waals surface area contributed by atoms with Crippen LogP contribution in [0.2, 0.25) is 5.02 Å². The third kappa shape index (κ3) is 5.96. The smallest absolute Gasteiger partial charge is 0.260 e. The van der Waals surface area contributed by atoms with Gasteiger partial charge >= 0.3 is 0 Å². The zero-order valence-electron chi connectivity index (χ0n) is 25.0. The summed E-state index contributed by atoms with van der Waals surface area (Å²) in [6.07, 6.45) is 3.59. The fourth-order valence-corrected chi connectivity index (χ4v) is 6.49. The minimum Gasteiger partial charge on any atom is -0.369 e. The van der Waals surface area contributed by atoms with Crippen molar-refractivity contribution in [1.29, 1.82) is 0 Å². The Morgan fingerprint density at radius 2 is 1.74 bits per heavy atom. The third-order valence-corrected chi connectivity index (χ3v) is 9.05. The van der Waals surface area contributed by atoms with Crippen LogP contribution >= 0.6 is 11.6 Å². The van der Waals surface area contributed by atoms with E-state index in [1.807, 2.05) is 36.1 Å². The number of aromatic nitrogens is 3. The van der Waals surface area contributed by atoms with Crippen molar-refractivity contribution in [1.82, 2.24) is 24.3 Å². The Labute approximate surface area is 257 Å². The number of hydrogen-bond acceptors (Lipinski definition) is 7. The summed E-state index contributed by atoms with van der Waals surface area (Å²) in [7, 11) is 2.16. The van der Waals surface area contributed by atoms with Crippen LogP contribution in [0.3, 0.4) is 0 Å². The highest BCUT2D eigenvalue weighted by atomic mass is 35.5. The molecule has 0 radical (unpaired) electrons. The summed E-state index contributed by atoms with van der Waals surface area (Å²) >= 11 is 6.55. The average Bonchev–Trinajstić information content (AvgIpc) is 3.02. The van der Waals surface area contributed by atoms with E-state index in [0.717, 1.165) is 37.3 Å². The Morgan fingerprint density at radius 1 is 1.00 bits per heavy atom. The van der Waals surface area contributed by atoms with Crippen molar-refractivity contribution in [2.45, 2.75) is 39.2 Å². The average molecular weight is 600 g/mol. The Kier molecular flexibility index (Phi) is 8.36. The molecule has 0 saturated carbocycles. The maximum atomic E-state index is 14.2. The lowest BCUT2D eigenvalue weighted by Crippen LogP contribution is -2.44. The van der Waals surface area contributed by atoms with E-state index in [2.05, 4.69) is 52.3 Å². The number of carbonyl (C=O) groups excluding carboxylic acids is 1. The molecule has 4 heterocycles. The normalized spacial score (nSPS) is 16.6. The van der Waals surface area contributed by atoms with Crippen molar-refractivity contribution in [2.24, 2.45) is 0 Å². The van der Waals surface area contributed by atoms with Gasteiger partial charge in [0.05, 0.1) is 0 Å². The lowest BCUT2D eigenvalue weighted by molar-refractivity contribution is -0.132. The number of halogens is 1. The topological polar surface area (TPSA) is 86.6 Å². The number of rotatable bonds is 6. The molecule has 2 aromatic carbocycles. The Bertz CT molecular complexity index is 1710. The molecule has 2 aliphatic heterocycles. The van der Waals surface area contributed by atoms with Crippen LogP contribution in [0.25, 0.3) is 22.2 Å². The van der Waals surface area contributed by atoms with Crippen molar-refractivity contribution in [3.63, 3.8) is 0 Å². The number of carbonyl (C=O) groups is 1. The van der Waals surface area contributed by atoms with E-state index in [-0.39, 0.29) is 17.5 Å². The molecule has 4 aromatic rings. The SMILES string of the molecule is CCC(=O)N1CCC(n2c(=O)c(-c3ccccc3Cl)cc3cnc(Nc4ccc(N5CCN(C)CC5)c(C)c4)nc32)CC1. The van der Waals surface area contributed by atoms with Crippen molar-refractivity contribution in [3.8, 4) is 11.1 Å². The largest absolute Gasteiger partial charge is 0.369 e. The van der Waals surface area contributed by atoms with Gasteiger partial charge in [-0.1, -0.05) is 36.7 Å². The van der Waals surface area contributed by atoms with Crippen molar-refractivity contribution >= 4 is 45.9 Å². The van der Waals surface area contributed by atoms with E-state index in [0.29, 0.717) is 60.1 Å². The predicted octanol–water partition coefficient (Wildman–Crippen LogP) is 5.49. The van der Waals surface area contributed by atoms with Crippen LogP contribution in [-0.4, -0.2) is 76.6 Å². The Hall–Kier alpha value is -3.95. The molecule has 2 saturated heterocycles. The molecule has 10 heteroatoms. The standard InChI is InChI=1S/C33H38ClN7O2/c1-4-30(42)40-13-11-25(12-14-40)41-31-23(20-27(32(41)43)26-7-5-6-8-28(26)34)21-35-33(37-31)36-24-9-10-29(22(2)19-24)39-17-15-38(3)16-18-39/h5-10,19-21,25H,4,11-18H2,1-3H3,(H,35,36,37). The van der Waals surface area contributed by atoms with Gasteiger partial charge in [0.15, 0.2) is 0 Å². The molecule has 9 nitrogen and oxygen atoms in total. The van der Waals surface area contributed by atoms with Crippen LogP contribution in [0.4, 0.5) is 17.3 Å². The summed E-state index contributed by atoms with van der Waals surface area (Å²) in [6.45, 7) is 9.36. The molecule has 0 atom stereocenters. The van der Waals surface area contributed by atoms with Gasteiger partial charge in [-0.15, -0.1) is 0 Å². The molecule has 0 unspecified atom stereocenters. The number of likely N-dealkylation sites (tertiary alicyclic amines) is 1. The monoisotopic (exact) mass is 599 g/mol. The number of nitrogens with one attached hydrogen (secondary N) is 1. The molecular weight excluding hydrogens is 562 g/mol. The first-order valence-corrected chi connectivity index (χ1v) is 15.5. The number of piperidine rings is 1. The third-order valence-electron chi connectivity index (χ3n) is 8.72. The van der Waals surface area contributed by atoms with Crippen LogP contribution in [-0.2, 0) is 4.79 Å². The second-order valence-corrected chi connectivity index (χ2v) is 12.0. The summed E-state index contributed by atoms with van der Waals surface area (Å²) in [4.78, 5) is 42.7. The molecule has 2 aromatic heterocycles. The van der Waals surface area contributed by atoms with Gasteiger partial charge in [-0.05, 0) is 62.7 Å². The summed E-state index contributed by atoms with van der Waals surface area (Å²) in [5.41, 5.74) is 4.95. The molecule has 2 fully saturated rings. The molecule has 0 spiro atoms. The van der Waals surface area contributed by atoms with Crippen molar-refractivity contribution in [2.75, 3.05) is 56.5 Å². The second kappa shape index (κ2) is 12.3. The number of benzene rings is 2. The fraction of sp³-hybridized carbons (Fsp3) is 0.394. The highest BCUT2D eigenvalue weighted by Crippen LogP contribution is 2.31. The Balaban J connectivity index is 1.36. The molecule has 1 amide bonds. The Morgan fingerprint density at radius 3 is 2.44 bits per heavy atom. The van der Waals surface area contributed by atoms with Crippen LogP contribution in [0.5, 0.6) is 0 Å². The van der Waals surface area contributed by atoms with E-state index < -0.39 is 0 Å². The van der Waals surface area contributed by atoms with Gasteiger partial charge in [-0.25, -0.2) is 4.98 Å². The predicted molar refractivity (Wildman–Crippen MR) is 174 cm³/mol. The first-order valence-electron chi connectivity index (χ1n) is 15.1. The van der Waals surface area contributed by atoms with Gasteiger partial charge in [0, 0.05) is 90.8 Å². The number of anilines is 3. The number of aryl methyl sites for hydroxylation is 1. The molecule has 1 N–H and O–H groups in total. The van der Waals surface area contributed by atoms with Crippen LogP contribution in [0, 0.1) is 6.92 Å². The number of hydrogen-bond donors (Lipinski definition) is 1. The van der Waals surface area contributed by atoms with Gasteiger partial charge in [-0.3, -0.25) is 14.2 Å². The molecule has 0 bridgehead atoms. The van der Waals surface area contributed by atoms with Crippen LogP contribution in [0.15, 0.2) is 59.5 Å². The molecule has 43 heavy (non-hydrogen) atoms. The van der Waals surface area contributed by atoms with Gasteiger partial charge in [-0.2, -0.15) is 4.98 Å². The summed E-state index contributed by atoms with van der Waals surface area (Å²) in [5.74, 6) is 0.569. The van der Waals surface area contributed by atoms with E-state index in [1.54, 1.807) is 16.8 Å². The summed E-state index contributed by atoms with van der Waals surface area (Å²) in [6, 6.07) is 15.5. The van der Waals surface area contributed by atoms with Crippen LogP contribution in [0.1, 0.15) is 37.8 Å². The highest BCUT2D eigenvalue weighted by molar-refractivity contribution is 6.33. The first-order chi connectivity index (χ1) is 20.8. The number of likely N-dealkylation sites (N-methyl/N-ethyl adjacent to an activating group) is 1. The number of pyridine rings is 1. The molecular formula is C33H38ClN7O2. The fourth-order valence-electron chi connectivity index (χ4n) is 6.25. The van der Waals surface area contributed by atoms with Gasteiger partial charge in [0.2, 0.25) is 11.9 Å². The highest BCUT2D eigenvalue weighted by Gasteiger charge is 2.27. The van der Waals surface area contributed by atoms with Gasteiger partial charge < -0.3 is 20.0 Å². The summed E-state index contributed by atoms with van der Waals surface area (Å²) < 4.78 is 1.80. The summed E-state index contributed by atoms with van der Waals surface area (Å²) in [5, 5.41) is 4.65. The molecule has 224 valence electrons. The zero-order valence-corrected chi connectivity index (χ0v) is 25.8. The minimum absolute atomic E-state index is 0.105.